The minimum absolute atomic E-state index is 0.00370. The first-order valence-corrected chi connectivity index (χ1v) is 8.44. The number of imidazole rings is 1. The van der Waals surface area contributed by atoms with Crippen molar-refractivity contribution in [3.8, 4) is 0 Å². The first-order valence-electron chi connectivity index (χ1n) is 8.44. The third kappa shape index (κ3) is 4.35. The number of carbonyl (C=O) groups excluding carboxylic acids is 1. The van der Waals surface area contributed by atoms with Crippen LogP contribution in [0.4, 0.5) is 22.0 Å². The van der Waals surface area contributed by atoms with Crippen molar-refractivity contribution in [2.45, 2.75) is 38.1 Å². The van der Waals surface area contributed by atoms with E-state index in [9.17, 15) is 26.7 Å². The van der Waals surface area contributed by atoms with Crippen LogP contribution in [-0.4, -0.2) is 40.8 Å². The number of hydrogen-bond acceptors (Lipinski definition) is 3. The van der Waals surface area contributed by atoms with Gasteiger partial charge in [0.1, 0.15) is 25.3 Å². The lowest BCUT2D eigenvalue weighted by atomic mass is 9.92. The van der Waals surface area contributed by atoms with Gasteiger partial charge in [0.2, 0.25) is 5.91 Å². The van der Waals surface area contributed by atoms with E-state index in [0.29, 0.717) is 0 Å². The van der Waals surface area contributed by atoms with Crippen molar-refractivity contribution in [3.05, 3.63) is 47.0 Å². The fourth-order valence-electron chi connectivity index (χ4n) is 3.07. The fraction of sp³-hybridized carbons (Fsp3) is 0.412. The summed E-state index contributed by atoms with van der Waals surface area (Å²) in [4.78, 5) is 17.3. The van der Waals surface area contributed by atoms with Gasteiger partial charge in [-0.05, 0) is 24.1 Å². The number of hydrogen-bond donors (Lipinski definition) is 1. The summed E-state index contributed by atoms with van der Waals surface area (Å²) in [6, 6.07) is 0.991. The molecule has 2 aromatic rings. The summed E-state index contributed by atoms with van der Waals surface area (Å²) in [5.41, 5.74) is 4.55. The van der Waals surface area contributed by atoms with Gasteiger partial charge in [-0.2, -0.15) is 13.2 Å². The zero-order chi connectivity index (χ0) is 20.6. The number of carbonyl (C=O) groups is 1. The average Bonchev–Trinajstić information content (AvgIpc) is 3.03. The van der Waals surface area contributed by atoms with Crippen molar-refractivity contribution in [1.82, 2.24) is 14.5 Å². The second-order valence-corrected chi connectivity index (χ2v) is 6.68. The molecule has 0 saturated carbocycles. The summed E-state index contributed by atoms with van der Waals surface area (Å²) in [5, 5.41) is 0. The van der Waals surface area contributed by atoms with E-state index in [4.69, 9.17) is 13.6 Å². The van der Waals surface area contributed by atoms with E-state index >= 15 is 0 Å². The molecule has 2 radical (unpaired) electrons. The summed E-state index contributed by atoms with van der Waals surface area (Å²) in [6.07, 6.45) is -3.89. The quantitative estimate of drug-likeness (QED) is 0.624. The van der Waals surface area contributed by atoms with E-state index in [1.165, 1.54) is 9.47 Å². The third-order valence-corrected chi connectivity index (χ3v) is 4.53. The highest BCUT2D eigenvalue weighted by atomic mass is 19.4. The number of halogens is 5. The highest BCUT2D eigenvalue weighted by Crippen LogP contribution is 2.29. The summed E-state index contributed by atoms with van der Waals surface area (Å²) >= 11 is 0. The third-order valence-electron chi connectivity index (χ3n) is 4.53. The Morgan fingerprint density at radius 1 is 1.25 bits per heavy atom. The predicted octanol–water partition coefficient (Wildman–Crippen LogP) is 1.28. The largest absolute Gasteiger partial charge is 0.434 e. The molecule has 3 rings (SSSR count). The lowest BCUT2D eigenvalue weighted by Gasteiger charge is -2.28. The van der Waals surface area contributed by atoms with E-state index in [1.807, 2.05) is 0 Å². The van der Waals surface area contributed by atoms with Gasteiger partial charge in [0.25, 0.3) is 0 Å². The summed E-state index contributed by atoms with van der Waals surface area (Å²) in [6.45, 7) is 0.306. The fourth-order valence-corrected chi connectivity index (χ4v) is 3.07. The molecular formula is C17H16BF5N4O. The van der Waals surface area contributed by atoms with Gasteiger partial charge in [-0.15, -0.1) is 0 Å². The van der Waals surface area contributed by atoms with Crippen LogP contribution in [0.5, 0.6) is 0 Å². The number of alkyl halides is 3. The highest BCUT2D eigenvalue weighted by Gasteiger charge is 2.36. The van der Waals surface area contributed by atoms with E-state index in [2.05, 4.69) is 4.98 Å². The van der Waals surface area contributed by atoms with Gasteiger partial charge in [0.05, 0.1) is 6.54 Å². The van der Waals surface area contributed by atoms with Crippen molar-refractivity contribution in [1.29, 1.82) is 0 Å². The van der Waals surface area contributed by atoms with Crippen molar-refractivity contribution < 1.29 is 26.7 Å². The Kier molecular flexibility index (Phi) is 5.47. The van der Waals surface area contributed by atoms with Gasteiger partial charge in [0, 0.05) is 31.7 Å². The molecule has 1 aromatic heterocycles. The van der Waals surface area contributed by atoms with E-state index in [1.54, 1.807) is 0 Å². The average molecular weight is 398 g/mol. The molecule has 5 nitrogen and oxygen atoms in total. The van der Waals surface area contributed by atoms with Crippen LogP contribution in [-0.2, 0) is 30.5 Å². The molecule has 0 aliphatic carbocycles. The van der Waals surface area contributed by atoms with E-state index in [-0.39, 0.29) is 49.3 Å². The van der Waals surface area contributed by atoms with Crippen LogP contribution in [0.25, 0.3) is 0 Å². The van der Waals surface area contributed by atoms with Crippen LogP contribution >= 0.6 is 0 Å². The van der Waals surface area contributed by atoms with Crippen LogP contribution < -0.4 is 11.2 Å². The summed E-state index contributed by atoms with van der Waals surface area (Å²) in [7, 11) is 5.28. The molecule has 0 unspecified atom stereocenters. The monoisotopic (exact) mass is 398 g/mol. The van der Waals surface area contributed by atoms with Crippen molar-refractivity contribution >= 4 is 19.2 Å². The number of nitrogens with zero attached hydrogens (tertiary/aromatic N) is 3. The number of rotatable bonds is 4. The molecule has 0 fully saturated rings. The SMILES string of the molecule is [B]c1cc(F)c(C[C@@H](N)CC(=O)N2CCn3cc(C(F)(F)F)nc3C2)cc1F. The summed E-state index contributed by atoms with van der Waals surface area (Å²) in [5.74, 6) is -1.77. The van der Waals surface area contributed by atoms with Gasteiger partial charge in [0.15, 0.2) is 5.69 Å². The predicted molar refractivity (Wildman–Crippen MR) is 90.7 cm³/mol. The van der Waals surface area contributed by atoms with Gasteiger partial charge in [-0.25, -0.2) is 13.8 Å². The Morgan fingerprint density at radius 3 is 2.64 bits per heavy atom. The normalized spacial score (nSPS) is 15.4. The van der Waals surface area contributed by atoms with Crippen LogP contribution in [0.1, 0.15) is 23.5 Å². The Bertz CT molecular complexity index is 898. The molecule has 1 aliphatic heterocycles. The molecule has 1 aromatic carbocycles. The standard InChI is InChI=1S/C17H16BF5N4O/c18-11-6-12(19)9(4-13(11)20)3-10(24)5-16(28)27-2-1-26-7-14(17(21,22)23)25-15(26)8-27/h4,6-7,10H,1-3,5,8,24H2/t10-/m1/s1. The van der Waals surface area contributed by atoms with Gasteiger partial charge >= 0.3 is 6.18 Å². The van der Waals surface area contributed by atoms with E-state index < -0.39 is 35.5 Å². The topological polar surface area (TPSA) is 64.2 Å². The van der Waals surface area contributed by atoms with Crippen molar-refractivity contribution in [3.63, 3.8) is 0 Å². The number of nitrogens with two attached hydrogens (primary N) is 1. The minimum atomic E-state index is -4.56. The molecule has 1 amide bonds. The van der Waals surface area contributed by atoms with Gasteiger partial charge in [-0.1, -0.05) is 5.46 Å². The first kappa shape index (κ1) is 20.3. The van der Waals surface area contributed by atoms with Crippen LogP contribution in [0.15, 0.2) is 18.3 Å². The van der Waals surface area contributed by atoms with Crippen molar-refractivity contribution in [2.75, 3.05) is 6.54 Å². The molecule has 28 heavy (non-hydrogen) atoms. The van der Waals surface area contributed by atoms with Crippen LogP contribution in [0, 0.1) is 11.6 Å². The first-order chi connectivity index (χ1) is 13.0. The summed E-state index contributed by atoms with van der Waals surface area (Å²) < 4.78 is 67.0. The smallest absolute Gasteiger partial charge is 0.333 e. The number of fused-ring (bicyclic) bond motifs is 1. The highest BCUT2D eigenvalue weighted by molar-refractivity contribution is 6.32. The van der Waals surface area contributed by atoms with E-state index in [0.717, 1.165) is 18.3 Å². The second-order valence-electron chi connectivity index (χ2n) is 6.68. The van der Waals surface area contributed by atoms with Gasteiger partial charge in [-0.3, -0.25) is 4.79 Å². The number of aromatic nitrogens is 2. The lowest BCUT2D eigenvalue weighted by molar-refractivity contribution is -0.141. The molecule has 1 aliphatic rings. The Balaban J connectivity index is 1.62. The van der Waals surface area contributed by atoms with Crippen LogP contribution in [0.3, 0.4) is 0 Å². The number of amides is 1. The maximum absolute atomic E-state index is 13.8. The number of benzene rings is 1. The van der Waals surface area contributed by atoms with Crippen LogP contribution in [0.2, 0.25) is 0 Å². The molecule has 11 heteroatoms. The Hall–Kier alpha value is -2.43. The lowest BCUT2D eigenvalue weighted by Crippen LogP contribution is -2.41. The molecule has 0 spiro atoms. The van der Waals surface area contributed by atoms with Gasteiger partial charge < -0.3 is 15.2 Å². The van der Waals surface area contributed by atoms with Crippen molar-refractivity contribution in [2.24, 2.45) is 5.73 Å². The maximum atomic E-state index is 13.8. The second kappa shape index (κ2) is 7.54. The zero-order valence-electron chi connectivity index (χ0n) is 14.6. The minimum Gasteiger partial charge on any atom is -0.333 e. The molecule has 2 N–H and O–H groups in total. The Morgan fingerprint density at radius 2 is 1.96 bits per heavy atom. The zero-order valence-corrected chi connectivity index (χ0v) is 14.6. The maximum Gasteiger partial charge on any atom is 0.434 e. The molecular weight excluding hydrogens is 382 g/mol. The molecule has 2 heterocycles. The molecule has 0 bridgehead atoms. The molecule has 148 valence electrons. The molecule has 1 atom stereocenters. The Labute approximate surface area is 158 Å². The molecule has 0 saturated heterocycles.